The predicted molar refractivity (Wildman–Crippen MR) is 65.8 cm³/mol. The van der Waals surface area contributed by atoms with Crippen molar-refractivity contribution in [2.45, 2.75) is 12.8 Å². The average molecular weight is 245 g/mol. The number of hydrogen-bond acceptors (Lipinski definition) is 3. The van der Waals surface area contributed by atoms with E-state index in [1.165, 1.54) is 18.3 Å². The van der Waals surface area contributed by atoms with Crippen molar-refractivity contribution >= 4 is 22.7 Å². The second kappa shape index (κ2) is 4.83. The molecule has 0 unspecified atom stereocenters. The van der Waals surface area contributed by atoms with E-state index in [0.717, 1.165) is 0 Å². The molecule has 2 aromatic rings. The van der Waals surface area contributed by atoms with Gasteiger partial charge in [0.05, 0.1) is 6.42 Å². The Bertz CT molecular complexity index is 672. The number of hydrogen-bond donors (Lipinski definition) is 2. The summed E-state index contributed by atoms with van der Waals surface area (Å²) in [5.74, 6) is -1.29. The highest BCUT2D eigenvalue weighted by atomic mass is 16.4. The first-order valence-electron chi connectivity index (χ1n) is 5.44. The maximum atomic E-state index is 11.7. The zero-order valence-electron chi connectivity index (χ0n) is 9.47. The number of nitrogens with one attached hydrogen (secondary N) is 1. The zero-order valence-corrected chi connectivity index (χ0v) is 9.47. The Labute approximate surface area is 102 Å². The second-order valence-corrected chi connectivity index (χ2v) is 3.92. The number of fused-ring (bicyclic) bond motifs is 1. The van der Waals surface area contributed by atoms with E-state index in [9.17, 15) is 14.4 Å². The molecule has 0 bridgehead atoms. The van der Waals surface area contributed by atoms with Gasteiger partial charge in [-0.2, -0.15) is 0 Å². The standard InChI is InChI=1S/C13H11NO4/c15-11(3-4-13(17)18)8-1-2-10-9(7-8)12(16)5-6-14-10/h1-2,5-7H,3-4H2,(H,14,16)(H,17,18). The minimum absolute atomic E-state index is 0.0639. The van der Waals surface area contributed by atoms with Gasteiger partial charge in [-0.3, -0.25) is 14.4 Å². The van der Waals surface area contributed by atoms with Crippen LogP contribution in [-0.4, -0.2) is 21.8 Å². The summed E-state index contributed by atoms with van der Waals surface area (Å²) in [5.41, 5.74) is 0.842. The molecule has 1 aromatic carbocycles. The van der Waals surface area contributed by atoms with Crippen molar-refractivity contribution in [3.05, 3.63) is 46.2 Å². The fraction of sp³-hybridized carbons (Fsp3) is 0.154. The molecular formula is C13H11NO4. The fourth-order valence-electron chi connectivity index (χ4n) is 1.71. The van der Waals surface area contributed by atoms with E-state index in [2.05, 4.69) is 4.98 Å². The minimum Gasteiger partial charge on any atom is -0.481 e. The zero-order chi connectivity index (χ0) is 13.1. The number of carboxylic acids is 1. The van der Waals surface area contributed by atoms with Crippen LogP contribution in [-0.2, 0) is 4.79 Å². The monoisotopic (exact) mass is 245 g/mol. The van der Waals surface area contributed by atoms with E-state index in [-0.39, 0.29) is 24.1 Å². The molecule has 0 fully saturated rings. The highest BCUT2D eigenvalue weighted by Gasteiger charge is 2.09. The van der Waals surface area contributed by atoms with Crippen LogP contribution in [0.1, 0.15) is 23.2 Å². The summed E-state index contributed by atoms with van der Waals surface area (Å²) < 4.78 is 0. The number of ketones is 1. The van der Waals surface area contributed by atoms with E-state index in [1.54, 1.807) is 12.1 Å². The third kappa shape index (κ3) is 2.45. The van der Waals surface area contributed by atoms with Crippen LogP contribution in [0.2, 0.25) is 0 Å². The predicted octanol–water partition coefficient (Wildman–Crippen LogP) is 1.58. The fourth-order valence-corrected chi connectivity index (χ4v) is 1.71. The summed E-state index contributed by atoms with van der Waals surface area (Å²) in [7, 11) is 0. The molecule has 0 saturated heterocycles. The van der Waals surface area contributed by atoms with Crippen LogP contribution < -0.4 is 5.43 Å². The highest BCUT2D eigenvalue weighted by Crippen LogP contribution is 2.12. The molecule has 0 radical (unpaired) electrons. The number of aromatic nitrogens is 1. The lowest BCUT2D eigenvalue weighted by molar-refractivity contribution is -0.136. The Morgan fingerprint density at radius 1 is 1.17 bits per heavy atom. The van der Waals surface area contributed by atoms with Gasteiger partial charge in [-0.25, -0.2) is 0 Å². The maximum absolute atomic E-state index is 11.7. The van der Waals surface area contributed by atoms with Crippen molar-refractivity contribution < 1.29 is 14.7 Å². The van der Waals surface area contributed by atoms with Crippen LogP contribution in [0, 0.1) is 0 Å². The second-order valence-electron chi connectivity index (χ2n) is 3.92. The highest BCUT2D eigenvalue weighted by molar-refractivity contribution is 6.00. The van der Waals surface area contributed by atoms with Gasteiger partial charge in [0.15, 0.2) is 11.2 Å². The number of rotatable bonds is 4. The van der Waals surface area contributed by atoms with Gasteiger partial charge in [0, 0.05) is 35.2 Å². The minimum atomic E-state index is -1.01. The SMILES string of the molecule is O=C(O)CCC(=O)c1ccc2[nH]ccc(=O)c2c1. The maximum Gasteiger partial charge on any atom is 0.303 e. The molecule has 0 aliphatic heterocycles. The molecule has 0 atom stereocenters. The van der Waals surface area contributed by atoms with Crippen LogP contribution in [0.5, 0.6) is 0 Å². The molecule has 0 aliphatic rings. The molecule has 92 valence electrons. The van der Waals surface area contributed by atoms with Gasteiger partial charge < -0.3 is 10.1 Å². The molecular weight excluding hydrogens is 234 g/mol. The van der Waals surface area contributed by atoms with Gasteiger partial charge in [0.1, 0.15) is 0 Å². The van der Waals surface area contributed by atoms with Crippen molar-refractivity contribution in [1.82, 2.24) is 4.98 Å². The first kappa shape index (κ1) is 12.0. The number of aliphatic carboxylic acids is 1. The van der Waals surface area contributed by atoms with Crippen LogP contribution in [0.15, 0.2) is 35.3 Å². The van der Waals surface area contributed by atoms with Crippen molar-refractivity contribution in [2.24, 2.45) is 0 Å². The number of carbonyl (C=O) groups is 2. The van der Waals surface area contributed by atoms with Crippen molar-refractivity contribution in [1.29, 1.82) is 0 Å². The van der Waals surface area contributed by atoms with E-state index in [0.29, 0.717) is 16.5 Å². The normalized spacial score (nSPS) is 10.4. The molecule has 0 spiro atoms. The molecule has 5 nitrogen and oxygen atoms in total. The Kier molecular flexibility index (Phi) is 3.23. The van der Waals surface area contributed by atoms with E-state index < -0.39 is 5.97 Å². The number of carboxylic acid groups (broad SMARTS) is 1. The van der Waals surface area contributed by atoms with Crippen molar-refractivity contribution in [3.63, 3.8) is 0 Å². The average Bonchev–Trinajstić information content (AvgIpc) is 2.36. The molecule has 0 saturated carbocycles. The van der Waals surface area contributed by atoms with Crippen molar-refractivity contribution in [3.8, 4) is 0 Å². The lowest BCUT2D eigenvalue weighted by Gasteiger charge is -2.01. The Hall–Kier alpha value is -2.43. The Balaban J connectivity index is 2.35. The molecule has 0 aliphatic carbocycles. The molecule has 0 amide bonds. The van der Waals surface area contributed by atoms with Crippen molar-refractivity contribution in [2.75, 3.05) is 0 Å². The third-order valence-corrected chi connectivity index (χ3v) is 2.65. The van der Waals surface area contributed by atoms with Gasteiger partial charge in [-0.15, -0.1) is 0 Å². The van der Waals surface area contributed by atoms with E-state index in [4.69, 9.17) is 5.11 Å². The van der Waals surface area contributed by atoms with E-state index >= 15 is 0 Å². The van der Waals surface area contributed by atoms with Crippen LogP contribution in [0.4, 0.5) is 0 Å². The van der Waals surface area contributed by atoms with Gasteiger partial charge >= 0.3 is 5.97 Å². The van der Waals surface area contributed by atoms with Crippen LogP contribution in [0.25, 0.3) is 10.9 Å². The Morgan fingerprint density at radius 2 is 1.94 bits per heavy atom. The van der Waals surface area contributed by atoms with Gasteiger partial charge in [-0.1, -0.05) is 0 Å². The first-order chi connectivity index (χ1) is 8.58. The number of Topliss-reactive ketones (excluding diaryl/α,β-unsaturated/α-hetero) is 1. The summed E-state index contributed by atoms with van der Waals surface area (Å²) in [6, 6.07) is 6.11. The number of carbonyl (C=O) groups excluding carboxylic acids is 1. The quantitative estimate of drug-likeness (QED) is 0.800. The first-order valence-corrected chi connectivity index (χ1v) is 5.44. The summed E-state index contributed by atoms with van der Waals surface area (Å²) in [6.07, 6.45) is 1.27. The van der Waals surface area contributed by atoms with E-state index in [1.807, 2.05) is 0 Å². The molecule has 2 rings (SSSR count). The smallest absolute Gasteiger partial charge is 0.303 e. The number of aromatic amines is 1. The number of H-pyrrole nitrogens is 1. The van der Waals surface area contributed by atoms with Gasteiger partial charge in [-0.05, 0) is 18.2 Å². The molecule has 18 heavy (non-hydrogen) atoms. The topological polar surface area (TPSA) is 87.2 Å². The largest absolute Gasteiger partial charge is 0.481 e. The number of pyridine rings is 1. The number of benzene rings is 1. The van der Waals surface area contributed by atoms with Crippen LogP contribution in [0.3, 0.4) is 0 Å². The molecule has 2 N–H and O–H groups in total. The van der Waals surface area contributed by atoms with Crippen LogP contribution >= 0.6 is 0 Å². The molecule has 1 aromatic heterocycles. The third-order valence-electron chi connectivity index (χ3n) is 2.65. The summed E-state index contributed by atoms with van der Waals surface area (Å²) >= 11 is 0. The summed E-state index contributed by atoms with van der Waals surface area (Å²) in [5, 5.41) is 8.95. The van der Waals surface area contributed by atoms with Gasteiger partial charge in [0.2, 0.25) is 0 Å². The van der Waals surface area contributed by atoms with Gasteiger partial charge in [0.25, 0.3) is 0 Å². The lowest BCUT2D eigenvalue weighted by atomic mass is 10.0. The molecule has 1 heterocycles. The Morgan fingerprint density at radius 3 is 2.67 bits per heavy atom. The summed E-state index contributed by atoms with van der Waals surface area (Å²) in [4.78, 5) is 36.6. The molecule has 5 heteroatoms. The lowest BCUT2D eigenvalue weighted by Crippen LogP contribution is -2.06. The summed E-state index contributed by atoms with van der Waals surface area (Å²) in [6.45, 7) is 0.